The van der Waals surface area contributed by atoms with E-state index in [4.69, 9.17) is 26.5 Å². The summed E-state index contributed by atoms with van der Waals surface area (Å²) >= 11 is 6.81. The molecule has 0 radical (unpaired) electrons. The molecule has 3 N–H and O–H groups in total. The average molecular weight is 600 g/mol. The first-order valence-electron chi connectivity index (χ1n) is 12.4. The van der Waals surface area contributed by atoms with Gasteiger partial charge in [-0.2, -0.15) is 5.10 Å². The number of nitrogens with zero attached hydrogens (tertiary/aromatic N) is 3. The third kappa shape index (κ3) is 5.52. The van der Waals surface area contributed by atoms with Crippen LogP contribution >= 0.6 is 22.9 Å². The number of nitrogens with two attached hydrogens (primary N) is 1. The number of fused-ring (bicyclic) bond motifs is 1. The van der Waals surface area contributed by atoms with Crippen LogP contribution in [0.4, 0.5) is 14.5 Å². The summed E-state index contributed by atoms with van der Waals surface area (Å²) in [6, 6.07) is 9.50. The number of pyridine rings is 1. The fourth-order valence-electron chi connectivity index (χ4n) is 4.44. The van der Waals surface area contributed by atoms with Gasteiger partial charge >= 0.3 is 0 Å². The van der Waals surface area contributed by atoms with Crippen molar-refractivity contribution < 1.29 is 27.5 Å². The highest BCUT2D eigenvalue weighted by Gasteiger charge is 2.27. The number of halogens is 3. The number of amides is 2. The largest absolute Gasteiger partial charge is 0.485 e. The van der Waals surface area contributed by atoms with Crippen LogP contribution in [0, 0.1) is 13.8 Å². The molecule has 0 aliphatic rings. The first kappa shape index (κ1) is 28.2. The van der Waals surface area contributed by atoms with Crippen molar-refractivity contribution in [3.05, 3.63) is 81.0 Å². The van der Waals surface area contributed by atoms with E-state index in [2.05, 4.69) is 15.4 Å². The van der Waals surface area contributed by atoms with Crippen molar-refractivity contribution in [2.24, 2.45) is 5.73 Å². The fourth-order valence-corrected chi connectivity index (χ4v) is 5.68. The second-order valence-corrected chi connectivity index (χ2v) is 10.6. The lowest BCUT2D eigenvalue weighted by Crippen LogP contribution is -2.16. The third-order valence-corrected chi connectivity index (χ3v) is 7.79. The minimum Gasteiger partial charge on any atom is -0.485 e. The predicted molar refractivity (Wildman–Crippen MR) is 152 cm³/mol. The number of nitrogens with one attached hydrogen (secondary N) is 1. The number of primary amides is 1. The summed E-state index contributed by atoms with van der Waals surface area (Å²) in [5.41, 5.74) is 7.67. The third-order valence-electron chi connectivity index (χ3n) is 6.45. The lowest BCUT2D eigenvalue weighted by molar-refractivity contribution is 0.0992. The number of hydrogen-bond donors (Lipinski definition) is 2. The van der Waals surface area contributed by atoms with Crippen LogP contribution in [0.1, 0.15) is 56.3 Å². The molecule has 4 aromatic heterocycles. The Kier molecular flexibility index (Phi) is 7.78. The number of carbonyl (C=O) groups is 2. The van der Waals surface area contributed by atoms with Crippen LogP contribution in [-0.4, -0.2) is 26.6 Å². The van der Waals surface area contributed by atoms with Crippen molar-refractivity contribution >= 4 is 50.7 Å². The Bertz CT molecular complexity index is 1800. The monoisotopic (exact) mass is 599 g/mol. The van der Waals surface area contributed by atoms with Crippen LogP contribution in [0.5, 0.6) is 5.75 Å². The van der Waals surface area contributed by atoms with E-state index in [0.29, 0.717) is 39.6 Å². The van der Waals surface area contributed by atoms with Gasteiger partial charge in [0, 0.05) is 28.2 Å². The summed E-state index contributed by atoms with van der Waals surface area (Å²) in [5.74, 6) is -0.592. The Labute approximate surface area is 241 Å². The molecule has 9 nitrogen and oxygen atoms in total. The molecule has 0 aliphatic carbocycles. The number of anilines is 1. The molecule has 41 heavy (non-hydrogen) atoms. The molecule has 1 aromatic carbocycles. The number of aromatic nitrogens is 3. The van der Waals surface area contributed by atoms with E-state index in [0.717, 1.165) is 22.6 Å². The van der Waals surface area contributed by atoms with Gasteiger partial charge in [-0.1, -0.05) is 11.6 Å². The molecule has 0 spiro atoms. The maximum atomic E-state index is 13.8. The van der Waals surface area contributed by atoms with Crippen LogP contribution in [0.25, 0.3) is 21.3 Å². The molecule has 212 valence electrons. The lowest BCUT2D eigenvalue weighted by Gasteiger charge is -2.10. The van der Waals surface area contributed by atoms with Gasteiger partial charge in [0.15, 0.2) is 5.76 Å². The summed E-state index contributed by atoms with van der Waals surface area (Å²) in [7, 11) is 0. The number of alkyl halides is 2. The van der Waals surface area contributed by atoms with Gasteiger partial charge in [-0.3, -0.25) is 14.3 Å². The van der Waals surface area contributed by atoms with E-state index < -0.39 is 23.9 Å². The van der Waals surface area contributed by atoms with Crippen LogP contribution < -0.4 is 15.8 Å². The van der Waals surface area contributed by atoms with Gasteiger partial charge in [0.05, 0.1) is 11.9 Å². The number of ether oxygens (including phenoxy) is 1. The molecule has 0 unspecified atom stereocenters. The van der Waals surface area contributed by atoms with Gasteiger partial charge in [0.1, 0.15) is 33.5 Å². The highest BCUT2D eigenvalue weighted by Crippen LogP contribution is 2.43. The van der Waals surface area contributed by atoms with Gasteiger partial charge in [-0.25, -0.2) is 13.8 Å². The minimum atomic E-state index is -2.86. The van der Waals surface area contributed by atoms with Gasteiger partial charge in [-0.15, -0.1) is 11.3 Å². The van der Waals surface area contributed by atoms with Crippen LogP contribution in [0.3, 0.4) is 0 Å². The maximum Gasteiger partial charge on any atom is 0.291 e. The highest BCUT2D eigenvalue weighted by atomic mass is 35.5. The van der Waals surface area contributed by atoms with Crippen molar-refractivity contribution in [1.29, 1.82) is 0 Å². The topological polar surface area (TPSA) is 125 Å². The summed E-state index contributed by atoms with van der Waals surface area (Å²) in [6.07, 6.45) is -1.31. The first-order chi connectivity index (χ1) is 19.6. The minimum absolute atomic E-state index is 0.0395. The average Bonchev–Trinajstić information content (AvgIpc) is 3.65. The molecule has 5 rings (SSSR count). The Morgan fingerprint density at radius 3 is 2.63 bits per heavy atom. The molecular formula is C28H24ClF2N5O4S. The van der Waals surface area contributed by atoms with Crippen LogP contribution in [0.15, 0.2) is 47.0 Å². The van der Waals surface area contributed by atoms with Crippen molar-refractivity contribution in [2.75, 3.05) is 5.32 Å². The molecule has 4 heterocycles. The van der Waals surface area contributed by atoms with E-state index in [9.17, 15) is 18.4 Å². The summed E-state index contributed by atoms with van der Waals surface area (Å²) < 4.78 is 40.8. The molecular weight excluding hydrogens is 576 g/mol. The quantitative estimate of drug-likeness (QED) is 0.190. The zero-order valence-corrected chi connectivity index (χ0v) is 23.7. The molecule has 0 bridgehead atoms. The molecule has 13 heteroatoms. The maximum absolute atomic E-state index is 13.8. The summed E-state index contributed by atoms with van der Waals surface area (Å²) in [4.78, 5) is 29.8. The van der Waals surface area contributed by atoms with Crippen molar-refractivity contribution in [3.8, 4) is 16.9 Å². The van der Waals surface area contributed by atoms with E-state index in [1.165, 1.54) is 12.1 Å². The highest BCUT2D eigenvalue weighted by molar-refractivity contribution is 7.21. The van der Waals surface area contributed by atoms with E-state index in [1.807, 2.05) is 13.8 Å². The van der Waals surface area contributed by atoms with Gasteiger partial charge in [0.25, 0.3) is 18.2 Å². The smallest absolute Gasteiger partial charge is 0.291 e. The van der Waals surface area contributed by atoms with Crippen molar-refractivity contribution in [3.63, 3.8) is 0 Å². The number of furan rings is 1. The Morgan fingerprint density at radius 2 is 1.98 bits per heavy atom. The number of thiophene rings is 1. The van der Waals surface area contributed by atoms with Crippen LogP contribution in [-0.2, 0) is 13.2 Å². The summed E-state index contributed by atoms with van der Waals surface area (Å²) in [6.45, 7) is 6.17. The second-order valence-electron chi connectivity index (χ2n) is 9.12. The van der Waals surface area contributed by atoms with E-state index in [1.54, 1.807) is 42.1 Å². The molecule has 0 saturated heterocycles. The zero-order valence-electron chi connectivity index (χ0n) is 22.1. The Hall–Kier alpha value is -4.29. The van der Waals surface area contributed by atoms with Gasteiger partial charge < -0.3 is 20.2 Å². The van der Waals surface area contributed by atoms with Crippen molar-refractivity contribution in [2.45, 2.75) is 40.3 Å². The lowest BCUT2D eigenvalue weighted by atomic mass is 10.0. The number of benzene rings is 1. The molecule has 0 atom stereocenters. The molecule has 0 fully saturated rings. The Balaban J connectivity index is 1.51. The second kappa shape index (κ2) is 11.3. The normalized spacial score (nSPS) is 11.4. The number of hydrogen-bond acceptors (Lipinski definition) is 7. The first-order valence-corrected chi connectivity index (χ1v) is 13.6. The standard InChI is InChI=1S/C28H24ClF2N5O4S/c1-4-36-14(3)18(11-33-36)17-10-19(25(30)31)34-28-22(17)23(24(41-28)26(32)37)35-27(38)21-8-6-16(40-21)12-39-20-7-5-15(29)9-13(20)2/h5-11,25H,4,12H2,1-3H3,(H2,32,37)(H,35,38). The molecule has 5 aromatic rings. The fraction of sp³-hybridized carbons (Fsp3) is 0.214. The molecule has 2 amide bonds. The van der Waals surface area contributed by atoms with Crippen LogP contribution in [0.2, 0.25) is 5.02 Å². The van der Waals surface area contributed by atoms with Crippen molar-refractivity contribution in [1.82, 2.24) is 14.8 Å². The summed E-state index contributed by atoms with van der Waals surface area (Å²) in [5, 5.41) is 7.91. The van der Waals surface area contributed by atoms with Gasteiger partial charge in [-0.05, 0) is 68.3 Å². The number of aryl methyl sites for hydroxylation is 2. The zero-order chi connectivity index (χ0) is 29.4. The molecule has 0 saturated carbocycles. The molecule has 0 aliphatic heterocycles. The van der Waals surface area contributed by atoms with Gasteiger partial charge in [0.2, 0.25) is 0 Å². The number of rotatable bonds is 9. The van der Waals surface area contributed by atoms with E-state index >= 15 is 0 Å². The number of carbonyl (C=O) groups excluding carboxylic acids is 2. The Morgan fingerprint density at radius 1 is 1.20 bits per heavy atom. The van der Waals surface area contributed by atoms with E-state index in [-0.39, 0.29) is 27.8 Å². The SMILES string of the molecule is CCn1ncc(-c2cc(C(F)F)nc3sc(C(N)=O)c(NC(=O)c4ccc(COc5ccc(Cl)cc5C)o4)c23)c1C. The predicted octanol–water partition coefficient (Wildman–Crippen LogP) is 6.91.